The molecule has 0 spiro atoms. The number of carbonyl (C=O) groups is 5. The predicted octanol–water partition coefficient (Wildman–Crippen LogP) is 8.88. The molecule has 0 aromatic heterocycles. The van der Waals surface area contributed by atoms with Crippen molar-refractivity contribution in [2.75, 3.05) is 7.11 Å². The van der Waals surface area contributed by atoms with Gasteiger partial charge in [-0.15, -0.1) is 0 Å². The van der Waals surface area contributed by atoms with Gasteiger partial charge in [0.05, 0.1) is 18.9 Å². The van der Waals surface area contributed by atoms with Gasteiger partial charge in [-0.3, -0.25) is 14.4 Å². The van der Waals surface area contributed by atoms with Crippen molar-refractivity contribution in [2.45, 2.75) is 106 Å². The Morgan fingerprint density at radius 3 is 2.26 bits per heavy atom. The van der Waals surface area contributed by atoms with Crippen molar-refractivity contribution < 1.29 is 38.2 Å². The van der Waals surface area contributed by atoms with Crippen LogP contribution in [0.15, 0.2) is 34.9 Å². The lowest BCUT2D eigenvalue weighted by molar-refractivity contribution is -0.146. The van der Waals surface area contributed by atoms with Crippen LogP contribution in [0.1, 0.15) is 93.9 Å². The molecule has 10 heteroatoms. The van der Waals surface area contributed by atoms with Crippen LogP contribution < -0.4 is 0 Å². The van der Waals surface area contributed by atoms with Crippen molar-refractivity contribution in [2.24, 2.45) is 88.3 Å². The number of ether oxygens (including phenoxy) is 3. The zero-order valence-electron chi connectivity index (χ0n) is 32.8. The SMILES string of the molecule is C=C(C)C1CC(C)=C(C(=O)OC)C2C(=O)C3C4C(=CC12)C(=O)OC4CC3(C)C.CC(C)C1CCC(C)C2C(=O)C3C(C)CC4OC(=O)C(CC12)C43.II. The maximum atomic E-state index is 14.0. The second-order valence-corrected chi connectivity index (χ2v) is 18.8. The molecule has 15 atom stereocenters. The number of rotatable bonds is 3. The molecule has 6 fully saturated rings. The molecule has 0 aromatic carbocycles. The minimum atomic E-state index is -0.600. The molecule has 6 aliphatic carbocycles. The van der Waals surface area contributed by atoms with Gasteiger partial charge in [0.2, 0.25) is 0 Å². The molecular formula is C43H58I2O8. The fourth-order valence-corrected chi connectivity index (χ4v) is 12.9. The highest BCUT2D eigenvalue weighted by molar-refractivity contribution is 15.0. The van der Waals surface area contributed by atoms with Crippen molar-refractivity contribution in [1.29, 1.82) is 0 Å². The number of allylic oxidation sites excluding steroid dienone is 3. The van der Waals surface area contributed by atoms with E-state index in [1.807, 2.05) is 19.9 Å². The summed E-state index contributed by atoms with van der Waals surface area (Å²) < 4.78 is 16.4. The Balaban J connectivity index is 0.000000176. The minimum absolute atomic E-state index is 0.00337. The Morgan fingerprint density at radius 1 is 0.962 bits per heavy atom. The van der Waals surface area contributed by atoms with Crippen molar-refractivity contribution in [3.63, 3.8) is 0 Å². The summed E-state index contributed by atoms with van der Waals surface area (Å²) in [7, 11) is 1.35. The van der Waals surface area contributed by atoms with Gasteiger partial charge >= 0.3 is 17.9 Å². The van der Waals surface area contributed by atoms with Gasteiger partial charge < -0.3 is 14.2 Å². The maximum absolute atomic E-state index is 14.0. The number of hydrogen-bond donors (Lipinski definition) is 0. The molecule has 8 nitrogen and oxygen atoms in total. The van der Waals surface area contributed by atoms with Crippen LogP contribution in [0.3, 0.4) is 0 Å². The third-order valence-electron chi connectivity index (χ3n) is 15.1. The molecule has 4 saturated carbocycles. The van der Waals surface area contributed by atoms with Crippen LogP contribution in [-0.2, 0) is 38.2 Å². The van der Waals surface area contributed by atoms with E-state index in [0.717, 1.165) is 24.0 Å². The number of hydrogen-bond acceptors (Lipinski definition) is 8. The second-order valence-electron chi connectivity index (χ2n) is 18.8. The molecule has 2 heterocycles. The monoisotopic (exact) mass is 956 g/mol. The number of ketones is 2. The number of fused-ring (bicyclic) bond motifs is 2. The lowest BCUT2D eigenvalue weighted by Crippen LogP contribution is -2.42. The van der Waals surface area contributed by atoms with Crippen LogP contribution in [0.4, 0.5) is 0 Å². The van der Waals surface area contributed by atoms with Crippen LogP contribution in [0, 0.1) is 88.3 Å². The van der Waals surface area contributed by atoms with Crippen molar-refractivity contribution >= 4 is 66.7 Å². The first-order valence-electron chi connectivity index (χ1n) is 19.8. The van der Waals surface area contributed by atoms with Gasteiger partial charge in [-0.25, -0.2) is 9.59 Å². The maximum Gasteiger partial charge on any atom is 0.334 e. The molecule has 2 saturated heterocycles. The van der Waals surface area contributed by atoms with Gasteiger partial charge in [-0.1, -0.05) is 65.3 Å². The van der Waals surface area contributed by atoms with Gasteiger partial charge in [-0.05, 0) is 99.2 Å². The van der Waals surface area contributed by atoms with E-state index in [0.29, 0.717) is 59.4 Å². The summed E-state index contributed by atoms with van der Waals surface area (Å²) in [5, 5.41) is 0. The van der Waals surface area contributed by atoms with Crippen molar-refractivity contribution in [3.8, 4) is 0 Å². The molecular weight excluding hydrogens is 898 g/mol. The zero-order chi connectivity index (χ0) is 39.0. The van der Waals surface area contributed by atoms with Crippen LogP contribution >= 0.6 is 37.2 Å². The minimum Gasteiger partial charge on any atom is -0.466 e. The van der Waals surface area contributed by atoms with E-state index in [4.69, 9.17) is 14.2 Å². The van der Waals surface area contributed by atoms with E-state index in [1.165, 1.54) is 20.0 Å². The summed E-state index contributed by atoms with van der Waals surface area (Å²) in [6, 6.07) is 0. The molecule has 0 bridgehead atoms. The summed E-state index contributed by atoms with van der Waals surface area (Å²) in [6.07, 6.45) is 7.16. The Hall–Kier alpha value is -1.57. The number of halogens is 2. The van der Waals surface area contributed by atoms with Gasteiger partial charge in [0, 0.05) is 78.0 Å². The first-order chi connectivity index (χ1) is 25.0. The smallest absolute Gasteiger partial charge is 0.334 e. The summed E-state index contributed by atoms with van der Waals surface area (Å²) >= 11 is 4.24. The Labute approximate surface area is 339 Å². The topological polar surface area (TPSA) is 113 Å². The fourth-order valence-electron chi connectivity index (χ4n) is 12.9. The fraction of sp³-hybridized carbons (Fsp3) is 0.744. The van der Waals surface area contributed by atoms with Gasteiger partial charge in [0.25, 0.3) is 0 Å². The Bertz CT molecular complexity index is 1620. The highest BCUT2D eigenvalue weighted by Crippen LogP contribution is 2.60. The average Bonchev–Trinajstić information content (AvgIpc) is 3.68. The quantitative estimate of drug-likeness (QED) is 0.119. The van der Waals surface area contributed by atoms with Gasteiger partial charge in [-0.2, -0.15) is 0 Å². The summed E-state index contributed by atoms with van der Waals surface area (Å²) in [5.74, 6) is 1.15. The van der Waals surface area contributed by atoms with Crippen LogP contribution in [0.2, 0.25) is 0 Å². The van der Waals surface area contributed by atoms with E-state index < -0.39 is 11.9 Å². The van der Waals surface area contributed by atoms with E-state index in [9.17, 15) is 24.0 Å². The number of methoxy groups -OCH3 is 1. The van der Waals surface area contributed by atoms with Crippen LogP contribution in [-0.4, -0.2) is 48.8 Å². The zero-order valence-corrected chi connectivity index (χ0v) is 37.1. The normalized spacial score (nSPS) is 42.9. The lowest BCUT2D eigenvalue weighted by atomic mass is 9.60. The molecule has 0 aromatic rings. The van der Waals surface area contributed by atoms with Crippen LogP contribution in [0.25, 0.3) is 0 Å². The first kappa shape index (κ1) is 41.1. The largest absolute Gasteiger partial charge is 0.466 e. The standard InChI is InChI=1S/C23H28O5.C20H30O3.I2/c1-10(2)12-7-11(3)16(22(26)27-6)18-13(12)8-14-17-15(28-21(14)25)9-23(4,5)19(17)20(18)24;1-9(2)12-6-5-10(3)16-13(12)8-14-18-15(23-20(14)22)7-11(4)17(18)19(16)21;1-2/h8,12-13,15,17-19H,1,7,9H2,2-6H3;9-18H,5-8H2,1-4H3;. The number of carbonyl (C=O) groups excluding carboxylic acids is 5. The molecule has 292 valence electrons. The third kappa shape index (κ3) is 6.74. The van der Waals surface area contributed by atoms with Gasteiger partial charge in [0.15, 0.2) is 0 Å². The molecule has 0 N–H and O–H groups in total. The van der Waals surface area contributed by atoms with Crippen molar-refractivity contribution in [3.05, 3.63) is 34.9 Å². The second kappa shape index (κ2) is 15.4. The summed E-state index contributed by atoms with van der Waals surface area (Å²) in [4.78, 5) is 65.3. The first-order valence-corrected chi connectivity index (χ1v) is 26.0. The number of Topliss-reactive ketones (excluding diaryl/α,β-unsaturated/α-hetero) is 2. The molecule has 53 heavy (non-hydrogen) atoms. The van der Waals surface area contributed by atoms with E-state index >= 15 is 0 Å². The molecule has 0 amide bonds. The highest BCUT2D eigenvalue weighted by Gasteiger charge is 2.64. The Kier molecular flexibility index (Phi) is 11.9. The van der Waals surface area contributed by atoms with E-state index in [-0.39, 0.29) is 82.7 Å². The Morgan fingerprint density at radius 2 is 1.64 bits per heavy atom. The summed E-state index contributed by atoms with van der Waals surface area (Å²) in [5.41, 5.74) is 2.63. The molecule has 15 unspecified atom stereocenters. The molecule has 8 aliphatic rings. The predicted molar refractivity (Wildman–Crippen MR) is 218 cm³/mol. The van der Waals surface area contributed by atoms with Crippen LogP contribution in [0.5, 0.6) is 0 Å². The summed E-state index contributed by atoms with van der Waals surface area (Å²) in [6.45, 7) is 21.1. The van der Waals surface area contributed by atoms with E-state index in [1.54, 1.807) is 0 Å². The molecule has 2 aliphatic heterocycles. The van der Waals surface area contributed by atoms with Crippen molar-refractivity contribution in [1.82, 2.24) is 0 Å². The molecule has 8 rings (SSSR count). The molecule has 0 radical (unpaired) electrons. The van der Waals surface area contributed by atoms with Gasteiger partial charge in [0.1, 0.15) is 23.8 Å². The lowest BCUT2D eigenvalue weighted by Gasteiger charge is -2.43. The average molecular weight is 957 g/mol. The highest BCUT2D eigenvalue weighted by atomic mass is 128. The third-order valence-corrected chi connectivity index (χ3v) is 15.1. The van der Waals surface area contributed by atoms with E-state index in [2.05, 4.69) is 85.4 Å². The number of esters is 3.